The molecule has 0 unspecified atom stereocenters. The third-order valence-electron chi connectivity index (χ3n) is 6.18. The van der Waals surface area contributed by atoms with Crippen molar-refractivity contribution >= 4 is 34.6 Å². The van der Waals surface area contributed by atoms with Gasteiger partial charge in [0.15, 0.2) is 0 Å². The molecule has 1 saturated heterocycles. The van der Waals surface area contributed by atoms with Crippen molar-refractivity contribution in [1.29, 1.82) is 0 Å². The summed E-state index contributed by atoms with van der Waals surface area (Å²) in [5.74, 6) is 2.15. The number of hydrogen-bond donors (Lipinski definition) is 0. The summed E-state index contributed by atoms with van der Waals surface area (Å²) in [4.78, 5) is 4.68. The second-order valence-electron chi connectivity index (χ2n) is 8.52. The van der Waals surface area contributed by atoms with E-state index in [1.165, 1.54) is 46.4 Å². The van der Waals surface area contributed by atoms with Gasteiger partial charge in [0.25, 0.3) is 5.82 Å². The number of rotatable bonds is 4. The zero-order valence-corrected chi connectivity index (χ0v) is 20.6. The van der Waals surface area contributed by atoms with Gasteiger partial charge >= 0.3 is 0 Å². The maximum absolute atomic E-state index is 2.55. The van der Waals surface area contributed by atoms with Gasteiger partial charge in [-0.1, -0.05) is 49.4 Å². The maximum Gasteiger partial charge on any atom is 0.277 e. The van der Waals surface area contributed by atoms with Gasteiger partial charge in [-0.15, -0.1) is 0 Å². The van der Waals surface area contributed by atoms with E-state index in [9.17, 15) is 0 Å². The largest absolute Gasteiger partial charge is 1.00 e. The van der Waals surface area contributed by atoms with Gasteiger partial charge in [0.05, 0.1) is 20.1 Å². The zero-order chi connectivity index (χ0) is 20.4. The van der Waals surface area contributed by atoms with Crippen molar-refractivity contribution in [3.8, 4) is 0 Å². The Morgan fingerprint density at radius 2 is 1.63 bits per heavy atom. The van der Waals surface area contributed by atoms with Gasteiger partial charge in [0, 0.05) is 31.2 Å². The van der Waals surface area contributed by atoms with Crippen molar-refractivity contribution < 1.29 is 28.5 Å². The van der Waals surface area contributed by atoms with Crippen LogP contribution in [0.5, 0.6) is 0 Å². The Balaban J connectivity index is 0.00000256. The summed E-state index contributed by atoms with van der Waals surface area (Å²) in [6, 6.07) is 19.8. The number of fused-ring (bicyclic) bond motifs is 1. The Morgan fingerprint density at radius 1 is 0.967 bits per heavy atom. The number of pyridine rings is 1. The van der Waals surface area contributed by atoms with Crippen LogP contribution >= 0.6 is 0 Å². The molecular weight excluding hydrogens is 481 g/mol. The highest BCUT2D eigenvalue weighted by Crippen LogP contribution is 2.26. The lowest BCUT2D eigenvalue weighted by Crippen LogP contribution is -3.00. The standard InChI is InChI=1S/C26H32N3.HI/c1-20-15-17-29(18-16-20)26-19-22(24-7-5-6-8-25(24)28(26)4)12-9-21-10-13-23(14-11-21)27(2)3;/h5-14,19-20H,15-18H2,1-4H3;1H/q+1;/p-1. The second kappa shape index (κ2) is 9.82. The number of piperidine rings is 1. The number of benzene rings is 2. The Bertz CT molecular complexity index is 1020. The first-order valence-electron chi connectivity index (χ1n) is 10.6. The zero-order valence-electron chi connectivity index (χ0n) is 18.5. The van der Waals surface area contributed by atoms with Crippen LogP contribution in [0.4, 0.5) is 11.5 Å². The molecule has 30 heavy (non-hydrogen) atoms. The van der Waals surface area contributed by atoms with Gasteiger partial charge in [0.2, 0.25) is 0 Å². The number of nitrogens with zero attached hydrogens (tertiary/aromatic N) is 3. The van der Waals surface area contributed by atoms with E-state index in [1.54, 1.807) is 0 Å². The van der Waals surface area contributed by atoms with E-state index in [0.29, 0.717) is 0 Å². The molecule has 0 amide bonds. The first-order chi connectivity index (χ1) is 14.0. The molecular formula is C26H32IN3. The molecule has 3 aromatic rings. The number of aromatic nitrogens is 1. The van der Waals surface area contributed by atoms with Crippen LogP contribution in [0, 0.1) is 5.92 Å². The van der Waals surface area contributed by atoms with Gasteiger partial charge in [-0.25, -0.2) is 4.57 Å². The van der Waals surface area contributed by atoms with Gasteiger partial charge in [0.1, 0.15) is 5.52 Å². The molecule has 4 heteroatoms. The molecule has 0 atom stereocenters. The van der Waals surface area contributed by atoms with E-state index in [2.05, 4.69) is 109 Å². The fourth-order valence-electron chi connectivity index (χ4n) is 4.20. The normalized spacial score (nSPS) is 14.9. The van der Waals surface area contributed by atoms with Crippen LogP contribution in [0.1, 0.15) is 30.9 Å². The van der Waals surface area contributed by atoms with Gasteiger partial charge in [-0.3, -0.25) is 4.90 Å². The highest BCUT2D eigenvalue weighted by atomic mass is 127. The van der Waals surface area contributed by atoms with E-state index in [-0.39, 0.29) is 24.0 Å². The van der Waals surface area contributed by atoms with E-state index in [0.717, 1.165) is 19.0 Å². The van der Waals surface area contributed by atoms with E-state index < -0.39 is 0 Å². The number of halogens is 1. The number of para-hydroxylation sites is 1. The molecule has 0 aliphatic carbocycles. The lowest BCUT2D eigenvalue weighted by atomic mass is 9.99. The SMILES string of the molecule is CC1CCN(c2cc(/C=C/c3ccc(N(C)C)cc3)c3ccccc3[n+]2C)CC1.[I-]. The molecule has 158 valence electrons. The maximum atomic E-state index is 2.55. The first-order valence-corrected chi connectivity index (χ1v) is 10.6. The number of anilines is 2. The fraction of sp³-hybridized carbons (Fsp3) is 0.346. The Kier molecular flexibility index (Phi) is 7.40. The van der Waals surface area contributed by atoms with Crippen molar-refractivity contribution in [2.45, 2.75) is 19.8 Å². The molecule has 4 rings (SSSR count). The molecule has 1 fully saturated rings. The molecule has 3 nitrogen and oxygen atoms in total. The van der Waals surface area contributed by atoms with Crippen LogP contribution < -0.4 is 38.3 Å². The summed E-state index contributed by atoms with van der Waals surface area (Å²) in [5, 5.41) is 1.30. The average molecular weight is 513 g/mol. The summed E-state index contributed by atoms with van der Waals surface area (Å²) in [6.45, 7) is 4.65. The predicted molar refractivity (Wildman–Crippen MR) is 125 cm³/mol. The van der Waals surface area contributed by atoms with E-state index in [1.807, 2.05) is 0 Å². The molecule has 0 radical (unpaired) electrons. The summed E-state index contributed by atoms with van der Waals surface area (Å²) in [7, 11) is 6.34. The molecule has 2 heterocycles. The molecule has 1 aliphatic rings. The first kappa shape index (κ1) is 22.6. The quantitative estimate of drug-likeness (QED) is 0.391. The summed E-state index contributed by atoms with van der Waals surface area (Å²) < 4.78 is 2.36. The second-order valence-corrected chi connectivity index (χ2v) is 8.52. The van der Waals surface area contributed by atoms with Crippen molar-refractivity contribution in [2.75, 3.05) is 37.0 Å². The third-order valence-corrected chi connectivity index (χ3v) is 6.18. The van der Waals surface area contributed by atoms with Gasteiger partial charge in [-0.05, 0) is 48.1 Å². The predicted octanol–water partition coefficient (Wildman–Crippen LogP) is 2.14. The summed E-state index contributed by atoms with van der Waals surface area (Å²) >= 11 is 0. The molecule has 2 aromatic carbocycles. The van der Waals surface area contributed by atoms with Crippen LogP contribution in [0.2, 0.25) is 0 Å². The van der Waals surface area contributed by atoms with Crippen LogP contribution in [0.25, 0.3) is 23.1 Å². The highest BCUT2D eigenvalue weighted by Gasteiger charge is 2.25. The lowest BCUT2D eigenvalue weighted by Gasteiger charge is -2.27. The van der Waals surface area contributed by atoms with Crippen molar-refractivity contribution in [1.82, 2.24) is 0 Å². The molecule has 1 aliphatic heterocycles. The Morgan fingerprint density at radius 3 is 2.30 bits per heavy atom. The third kappa shape index (κ3) is 4.80. The smallest absolute Gasteiger partial charge is 0.277 e. The Hall–Kier alpha value is -2.08. The molecule has 0 bridgehead atoms. The Labute approximate surface area is 198 Å². The topological polar surface area (TPSA) is 10.4 Å². The highest BCUT2D eigenvalue weighted by molar-refractivity contribution is 5.90. The fourth-order valence-corrected chi connectivity index (χ4v) is 4.20. The molecule has 0 N–H and O–H groups in total. The minimum absolute atomic E-state index is 0. The lowest BCUT2D eigenvalue weighted by molar-refractivity contribution is -0.632. The molecule has 0 spiro atoms. The average Bonchev–Trinajstić information content (AvgIpc) is 2.74. The summed E-state index contributed by atoms with van der Waals surface area (Å²) in [5.41, 5.74) is 5.01. The summed E-state index contributed by atoms with van der Waals surface area (Å²) in [6.07, 6.45) is 7.04. The number of hydrogen-bond acceptors (Lipinski definition) is 2. The molecule has 0 saturated carbocycles. The van der Waals surface area contributed by atoms with Crippen molar-refractivity contribution in [3.05, 3.63) is 65.7 Å². The van der Waals surface area contributed by atoms with Crippen LogP contribution in [0.3, 0.4) is 0 Å². The van der Waals surface area contributed by atoms with Crippen LogP contribution in [-0.2, 0) is 7.05 Å². The minimum atomic E-state index is 0. The van der Waals surface area contributed by atoms with Gasteiger partial charge < -0.3 is 28.9 Å². The van der Waals surface area contributed by atoms with Gasteiger partial charge in [-0.2, -0.15) is 0 Å². The van der Waals surface area contributed by atoms with Crippen LogP contribution in [-0.4, -0.2) is 27.2 Å². The van der Waals surface area contributed by atoms with Crippen molar-refractivity contribution in [3.63, 3.8) is 0 Å². The minimum Gasteiger partial charge on any atom is -1.00 e. The van der Waals surface area contributed by atoms with Crippen molar-refractivity contribution in [2.24, 2.45) is 13.0 Å². The van der Waals surface area contributed by atoms with E-state index in [4.69, 9.17) is 0 Å². The monoisotopic (exact) mass is 513 g/mol. The van der Waals surface area contributed by atoms with Crippen LogP contribution in [0.15, 0.2) is 54.6 Å². The molecule has 1 aromatic heterocycles. The van der Waals surface area contributed by atoms with E-state index >= 15 is 0 Å². The number of aryl methyl sites for hydroxylation is 1.